The SMILES string of the molecule is O=C(Nc1ccc2[nH]c(=O)[nH]c2c1)c1ccc(-c2ccc3ncccc3c2)nc1. The molecule has 0 fully saturated rings. The zero-order chi connectivity index (χ0) is 19.8. The van der Waals surface area contributed by atoms with Crippen LogP contribution in [0.15, 0.2) is 77.9 Å². The Hall–Kier alpha value is -4.26. The van der Waals surface area contributed by atoms with Gasteiger partial charge in [-0.2, -0.15) is 0 Å². The van der Waals surface area contributed by atoms with Gasteiger partial charge in [-0.25, -0.2) is 4.79 Å². The Morgan fingerprint density at radius 3 is 2.66 bits per heavy atom. The number of anilines is 1. The number of hydrogen-bond donors (Lipinski definition) is 3. The van der Waals surface area contributed by atoms with Crippen molar-refractivity contribution < 1.29 is 4.79 Å². The summed E-state index contributed by atoms with van der Waals surface area (Å²) in [4.78, 5) is 38.0. The van der Waals surface area contributed by atoms with E-state index < -0.39 is 0 Å². The number of aromatic amines is 2. The van der Waals surface area contributed by atoms with Crippen LogP contribution in [0.3, 0.4) is 0 Å². The van der Waals surface area contributed by atoms with Crippen LogP contribution in [0.1, 0.15) is 10.4 Å². The number of benzene rings is 2. The van der Waals surface area contributed by atoms with E-state index >= 15 is 0 Å². The number of imidazole rings is 1. The van der Waals surface area contributed by atoms with Gasteiger partial charge in [0.1, 0.15) is 0 Å². The number of pyridine rings is 2. The lowest BCUT2D eigenvalue weighted by molar-refractivity contribution is 0.102. The molecular formula is C22H15N5O2. The number of nitrogens with zero attached hydrogens (tertiary/aromatic N) is 2. The molecule has 0 aliphatic rings. The number of aromatic nitrogens is 4. The summed E-state index contributed by atoms with van der Waals surface area (Å²) in [6.07, 6.45) is 3.31. The lowest BCUT2D eigenvalue weighted by atomic mass is 10.1. The van der Waals surface area contributed by atoms with E-state index in [1.807, 2.05) is 36.4 Å². The van der Waals surface area contributed by atoms with Gasteiger partial charge in [-0.15, -0.1) is 0 Å². The Morgan fingerprint density at radius 1 is 0.897 bits per heavy atom. The Bertz CT molecular complexity index is 1420. The lowest BCUT2D eigenvalue weighted by Gasteiger charge is -2.07. The van der Waals surface area contributed by atoms with Crippen LogP contribution >= 0.6 is 0 Å². The summed E-state index contributed by atoms with van der Waals surface area (Å²) in [5, 5.41) is 3.85. The molecule has 5 aromatic rings. The summed E-state index contributed by atoms with van der Waals surface area (Å²) in [5.74, 6) is -0.274. The number of carbonyl (C=O) groups is 1. The fourth-order valence-electron chi connectivity index (χ4n) is 3.25. The normalized spacial score (nSPS) is 11.0. The van der Waals surface area contributed by atoms with Crippen molar-refractivity contribution in [2.24, 2.45) is 0 Å². The van der Waals surface area contributed by atoms with Gasteiger partial charge in [-0.3, -0.25) is 14.8 Å². The number of hydrogen-bond acceptors (Lipinski definition) is 4. The first-order valence-corrected chi connectivity index (χ1v) is 9.00. The molecule has 7 nitrogen and oxygen atoms in total. The highest BCUT2D eigenvalue weighted by atomic mass is 16.2. The van der Waals surface area contributed by atoms with Gasteiger partial charge in [0, 0.05) is 29.0 Å². The highest BCUT2D eigenvalue weighted by molar-refractivity contribution is 6.04. The maximum Gasteiger partial charge on any atom is 0.323 e. The second-order valence-corrected chi connectivity index (χ2v) is 6.64. The van der Waals surface area contributed by atoms with E-state index in [1.54, 1.807) is 36.7 Å². The van der Waals surface area contributed by atoms with Crippen LogP contribution in [-0.4, -0.2) is 25.8 Å². The molecule has 140 valence electrons. The molecule has 7 heteroatoms. The number of rotatable bonds is 3. The van der Waals surface area contributed by atoms with E-state index in [-0.39, 0.29) is 11.6 Å². The van der Waals surface area contributed by atoms with E-state index in [1.165, 1.54) is 0 Å². The van der Waals surface area contributed by atoms with Crippen molar-refractivity contribution in [3.8, 4) is 11.3 Å². The first-order chi connectivity index (χ1) is 14.2. The van der Waals surface area contributed by atoms with Crippen LogP contribution in [0, 0.1) is 0 Å². The van der Waals surface area contributed by atoms with Gasteiger partial charge >= 0.3 is 5.69 Å². The molecule has 1 amide bonds. The molecule has 3 heterocycles. The van der Waals surface area contributed by atoms with Gasteiger partial charge in [-0.05, 0) is 48.5 Å². The van der Waals surface area contributed by atoms with Gasteiger partial charge in [0.25, 0.3) is 5.91 Å². The number of carbonyl (C=O) groups excluding carboxylic acids is 1. The molecule has 3 N–H and O–H groups in total. The molecule has 0 spiro atoms. The van der Waals surface area contributed by atoms with Crippen LogP contribution in [0.2, 0.25) is 0 Å². The molecule has 0 atom stereocenters. The molecule has 3 aromatic heterocycles. The third-order valence-corrected chi connectivity index (χ3v) is 4.70. The summed E-state index contributed by atoms with van der Waals surface area (Å²) in [6.45, 7) is 0. The minimum Gasteiger partial charge on any atom is -0.322 e. The topological polar surface area (TPSA) is 104 Å². The van der Waals surface area contributed by atoms with Crippen molar-refractivity contribution in [2.45, 2.75) is 0 Å². The molecule has 5 rings (SSSR count). The molecule has 0 saturated heterocycles. The average molecular weight is 381 g/mol. The van der Waals surface area contributed by atoms with Crippen molar-refractivity contribution >= 4 is 33.5 Å². The second kappa shape index (κ2) is 6.72. The number of fused-ring (bicyclic) bond motifs is 2. The number of amides is 1. The maximum absolute atomic E-state index is 12.5. The molecular weight excluding hydrogens is 366 g/mol. The highest BCUT2D eigenvalue weighted by Gasteiger charge is 2.09. The minimum atomic E-state index is -0.285. The molecule has 0 bridgehead atoms. The van der Waals surface area contributed by atoms with Crippen LogP contribution < -0.4 is 11.0 Å². The zero-order valence-corrected chi connectivity index (χ0v) is 15.1. The predicted octanol–water partition coefficient (Wildman–Crippen LogP) is 3.72. The third kappa shape index (κ3) is 3.25. The monoisotopic (exact) mass is 381 g/mol. The Morgan fingerprint density at radius 2 is 1.79 bits per heavy atom. The first kappa shape index (κ1) is 16.9. The lowest BCUT2D eigenvalue weighted by Crippen LogP contribution is -2.12. The van der Waals surface area contributed by atoms with E-state index in [0.717, 1.165) is 22.2 Å². The van der Waals surface area contributed by atoms with Crippen LogP contribution in [0.5, 0.6) is 0 Å². The van der Waals surface area contributed by atoms with Gasteiger partial charge in [-0.1, -0.05) is 12.1 Å². The van der Waals surface area contributed by atoms with Gasteiger partial charge in [0.05, 0.1) is 27.8 Å². The predicted molar refractivity (Wildman–Crippen MR) is 112 cm³/mol. The first-order valence-electron chi connectivity index (χ1n) is 9.00. The molecule has 0 saturated carbocycles. The van der Waals surface area contributed by atoms with Crippen molar-refractivity contribution in [2.75, 3.05) is 5.32 Å². The summed E-state index contributed by atoms with van der Waals surface area (Å²) < 4.78 is 0. The summed E-state index contributed by atoms with van der Waals surface area (Å²) in [5.41, 5.74) is 4.72. The summed E-state index contributed by atoms with van der Waals surface area (Å²) >= 11 is 0. The van der Waals surface area contributed by atoms with Gasteiger partial charge < -0.3 is 15.3 Å². The zero-order valence-electron chi connectivity index (χ0n) is 15.1. The van der Waals surface area contributed by atoms with Crippen molar-refractivity contribution in [3.05, 3.63) is 89.1 Å². The summed E-state index contributed by atoms with van der Waals surface area (Å²) in [7, 11) is 0. The molecule has 0 unspecified atom stereocenters. The van der Waals surface area contributed by atoms with E-state index in [4.69, 9.17) is 0 Å². The number of nitrogens with one attached hydrogen (secondary N) is 3. The van der Waals surface area contributed by atoms with Crippen molar-refractivity contribution in [1.29, 1.82) is 0 Å². The molecule has 0 radical (unpaired) electrons. The minimum absolute atomic E-state index is 0.274. The van der Waals surface area contributed by atoms with Crippen molar-refractivity contribution in [3.63, 3.8) is 0 Å². The maximum atomic E-state index is 12.5. The fraction of sp³-hybridized carbons (Fsp3) is 0. The average Bonchev–Trinajstić information content (AvgIpc) is 3.13. The molecule has 29 heavy (non-hydrogen) atoms. The Kier molecular flexibility index (Phi) is 3.91. The van der Waals surface area contributed by atoms with Crippen LogP contribution in [-0.2, 0) is 0 Å². The van der Waals surface area contributed by atoms with E-state index in [0.29, 0.717) is 22.3 Å². The standard InChI is InChI=1S/C22H15N5O2/c28-21(25-16-5-8-19-20(11-16)27-22(29)26-19)15-4-7-18(24-12-15)14-3-6-17-13(10-14)2-1-9-23-17/h1-12H,(H,25,28)(H2,26,27,29). The van der Waals surface area contributed by atoms with Crippen LogP contribution in [0.25, 0.3) is 33.2 Å². The molecule has 0 aliphatic carbocycles. The highest BCUT2D eigenvalue weighted by Crippen LogP contribution is 2.22. The van der Waals surface area contributed by atoms with Gasteiger partial charge in [0.15, 0.2) is 0 Å². The molecule has 2 aromatic carbocycles. The summed E-state index contributed by atoms with van der Waals surface area (Å²) in [6, 6.07) is 18.6. The quantitative estimate of drug-likeness (QED) is 0.443. The van der Waals surface area contributed by atoms with E-state index in [9.17, 15) is 9.59 Å². The van der Waals surface area contributed by atoms with E-state index in [2.05, 4.69) is 25.3 Å². The van der Waals surface area contributed by atoms with Crippen molar-refractivity contribution in [1.82, 2.24) is 19.9 Å². The number of H-pyrrole nitrogens is 2. The molecule has 0 aliphatic heterocycles. The largest absolute Gasteiger partial charge is 0.323 e. The third-order valence-electron chi connectivity index (χ3n) is 4.70. The Balaban J connectivity index is 1.38. The smallest absolute Gasteiger partial charge is 0.322 e. The Labute approximate surface area is 164 Å². The van der Waals surface area contributed by atoms with Gasteiger partial charge in [0.2, 0.25) is 0 Å². The fourth-order valence-corrected chi connectivity index (χ4v) is 3.25. The second-order valence-electron chi connectivity index (χ2n) is 6.64. The van der Waals surface area contributed by atoms with Crippen LogP contribution in [0.4, 0.5) is 5.69 Å².